The maximum Gasteiger partial charge on any atom is 0.337 e. The smallest absolute Gasteiger partial charge is 0.306 e. The molecule has 0 saturated heterocycles. The molecule has 0 atom stereocenters. The number of hydrogen-bond acceptors (Lipinski definition) is 5. The van der Waals surface area contributed by atoms with Gasteiger partial charge in [0, 0.05) is 6.20 Å². The van der Waals surface area contributed by atoms with Gasteiger partial charge in [-0.15, -0.1) is 0 Å². The lowest BCUT2D eigenvalue weighted by atomic mass is 10.5. The van der Waals surface area contributed by atoms with Gasteiger partial charge in [-0.1, -0.05) is 0 Å². The molecule has 0 N–H and O–H groups in total. The van der Waals surface area contributed by atoms with Gasteiger partial charge in [0.1, 0.15) is 6.20 Å². The van der Waals surface area contributed by atoms with Crippen molar-refractivity contribution >= 4 is 7.60 Å². The third-order valence-electron chi connectivity index (χ3n) is 1.67. The van der Waals surface area contributed by atoms with Crippen LogP contribution in [0.2, 0.25) is 0 Å². The van der Waals surface area contributed by atoms with Crippen LogP contribution in [0.3, 0.4) is 0 Å². The van der Waals surface area contributed by atoms with Crippen molar-refractivity contribution in [1.82, 2.24) is 9.97 Å². The average Bonchev–Trinajstić information content (AvgIpc) is 2.15. The van der Waals surface area contributed by atoms with Crippen LogP contribution in [0.25, 0.3) is 0 Å². The van der Waals surface area contributed by atoms with Gasteiger partial charge in [0.25, 0.3) is 0 Å². The molecule has 0 fully saturated rings. The molecule has 95 valence electrons. The minimum atomic E-state index is -3.17. The molecule has 6 heteroatoms. The van der Waals surface area contributed by atoms with Crippen molar-refractivity contribution in [2.45, 2.75) is 46.1 Å². The fourth-order valence-corrected chi connectivity index (χ4v) is 3.36. The second-order valence-corrected chi connectivity index (χ2v) is 6.17. The van der Waals surface area contributed by atoms with E-state index in [1.165, 1.54) is 12.4 Å². The summed E-state index contributed by atoms with van der Waals surface area (Å²) in [6.07, 6.45) is 5.32. The number of hydrogen-bond donors (Lipinski definition) is 0. The molecule has 0 aliphatic heterocycles. The molecule has 0 aliphatic carbocycles. The van der Waals surface area contributed by atoms with E-state index in [4.69, 9.17) is 9.05 Å². The molecule has 0 saturated carbocycles. The van der Waals surface area contributed by atoms with E-state index in [0.717, 1.165) is 0 Å². The van der Waals surface area contributed by atoms with Gasteiger partial charge < -0.3 is 9.05 Å². The molecule has 0 spiro atoms. The van der Waals surface area contributed by atoms with Crippen LogP contribution in [0.1, 0.15) is 33.4 Å². The van der Waals surface area contributed by atoms with Gasteiger partial charge in [-0.25, -0.2) is 0 Å². The maximum absolute atomic E-state index is 12.5. The summed E-state index contributed by atoms with van der Waals surface area (Å²) >= 11 is 0. The predicted octanol–water partition coefficient (Wildman–Crippen LogP) is 2.82. The Kier molecular flexibility index (Phi) is 5.25. The van der Waals surface area contributed by atoms with Crippen LogP contribution in [-0.4, -0.2) is 22.2 Å². The fraction of sp³-hybridized carbons (Fsp3) is 0.636. The van der Waals surface area contributed by atoms with Crippen molar-refractivity contribution in [3.8, 4) is 0 Å². The van der Waals surface area contributed by atoms with Crippen molar-refractivity contribution in [3.63, 3.8) is 0 Å². The Labute approximate surface area is 102 Å². The van der Waals surface area contributed by atoms with E-state index in [0.29, 0.717) is 5.69 Å². The Morgan fingerprint density at radius 1 is 1.29 bits per heavy atom. The average molecular weight is 257 g/mol. The van der Waals surface area contributed by atoms with E-state index in [1.54, 1.807) is 0 Å². The first-order valence-electron chi connectivity index (χ1n) is 5.54. The van der Waals surface area contributed by atoms with E-state index in [2.05, 4.69) is 16.2 Å². The van der Waals surface area contributed by atoms with E-state index >= 15 is 0 Å². The summed E-state index contributed by atoms with van der Waals surface area (Å²) in [4.78, 5) is 7.84. The highest BCUT2D eigenvalue weighted by molar-refractivity contribution is 7.53. The van der Waals surface area contributed by atoms with Crippen molar-refractivity contribution in [2.75, 3.05) is 0 Å². The van der Waals surface area contributed by atoms with Gasteiger partial charge in [0.2, 0.25) is 0 Å². The summed E-state index contributed by atoms with van der Waals surface area (Å²) in [5.74, 6) is 0. The normalized spacial score (nSPS) is 12.4. The van der Waals surface area contributed by atoms with Crippen LogP contribution in [0, 0.1) is 6.20 Å². The van der Waals surface area contributed by atoms with Crippen molar-refractivity contribution in [3.05, 3.63) is 24.3 Å². The molecule has 1 heterocycles. The fourth-order valence-electron chi connectivity index (χ4n) is 1.31. The Hall–Kier alpha value is -0.770. The molecule has 5 nitrogen and oxygen atoms in total. The van der Waals surface area contributed by atoms with Gasteiger partial charge in [0.05, 0.1) is 30.3 Å². The van der Waals surface area contributed by atoms with Gasteiger partial charge in [-0.05, 0) is 27.7 Å². The minimum Gasteiger partial charge on any atom is -0.306 e. The first kappa shape index (κ1) is 14.3. The maximum atomic E-state index is 12.5. The van der Waals surface area contributed by atoms with Crippen molar-refractivity contribution < 1.29 is 13.6 Å². The van der Waals surface area contributed by atoms with Crippen molar-refractivity contribution in [2.24, 2.45) is 0 Å². The third-order valence-corrected chi connectivity index (χ3v) is 3.87. The standard InChI is InChI=1S/C11H18N2O3P/c1-9(2)15-17(14,16-10(3)4)8-11-7-12-5-6-13-11/h6-7,9-10H,8H2,1-4H3. The molecule has 1 aromatic rings. The van der Waals surface area contributed by atoms with E-state index in [-0.39, 0.29) is 18.4 Å². The molecule has 1 rings (SSSR count). The monoisotopic (exact) mass is 257 g/mol. The molecular formula is C11H18N2O3P. The zero-order valence-electron chi connectivity index (χ0n) is 10.6. The van der Waals surface area contributed by atoms with E-state index < -0.39 is 7.60 Å². The number of rotatable bonds is 6. The van der Waals surface area contributed by atoms with Crippen LogP contribution in [0.4, 0.5) is 0 Å². The van der Waals surface area contributed by atoms with Crippen LogP contribution in [0.15, 0.2) is 12.4 Å². The summed E-state index contributed by atoms with van der Waals surface area (Å²) in [6.45, 7) is 7.28. The summed E-state index contributed by atoms with van der Waals surface area (Å²) in [7, 11) is -3.17. The van der Waals surface area contributed by atoms with Gasteiger partial charge in [-0.3, -0.25) is 14.5 Å². The van der Waals surface area contributed by atoms with Crippen LogP contribution < -0.4 is 0 Å². The highest BCUT2D eigenvalue weighted by Crippen LogP contribution is 2.53. The second kappa shape index (κ2) is 6.24. The molecule has 0 amide bonds. The minimum absolute atomic E-state index is 0.130. The van der Waals surface area contributed by atoms with Crippen LogP contribution in [0.5, 0.6) is 0 Å². The summed E-state index contributed by atoms with van der Waals surface area (Å²) < 4.78 is 23.3. The van der Waals surface area contributed by atoms with Gasteiger partial charge >= 0.3 is 7.60 Å². The first-order valence-corrected chi connectivity index (χ1v) is 7.27. The lowest BCUT2D eigenvalue weighted by Crippen LogP contribution is -2.10. The van der Waals surface area contributed by atoms with E-state index in [1.807, 2.05) is 27.7 Å². The Morgan fingerprint density at radius 3 is 2.29 bits per heavy atom. The highest BCUT2D eigenvalue weighted by atomic mass is 31.2. The Morgan fingerprint density at radius 2 is 1.88 bits per heavy atom. The lowest BCUT2D eigenvalue weighted by molar-refractivity contribution is 0.141. The lowest BCUT2D eigenvalue weighted by Gasteiger charge is -2.22. The molecule has 0 unspecified atom stereocenters. The molecular weight excluding hydrogens is 239 g/mol. The number of nitrogens with zero attached hydrogens (tertiary/aromatic N) is 2. The molecule has 0 bridgehead atoms. The highest BCUT2D eigenvalue weighted by Gasteiger charge is 2.28. The number of aromatic nitrogens is 2. The quantitative estimate of drug-likeness (QED) is 0.733. The third kappa shape index (κ3) is 5.39. The summed E-state index contributed by atoms with van der Waals surface area (Å²) in [5.41, 5.74) is 0.577. The van der Waals surface area contributed by atoms with E-state index in [9.17, 15) is 4.57 Å². The Bertz CT molecular complexity index is 368. The second-order valence-electron chi connectivity index (χ2n) is 4.21. The molecule has 0 aliphatic rings. The van der Waals surface area contributed by atoms with Crippen LogP contribution >= 0.6 is 7.60 Å². The zero-order chi connectivity index (χ0) is 12.9. The molecule has 1 aromatic heterocycles. The Balaban J connectivity index is 2.80. The first-order chi connectivity index (χ1) is 7.91. The zero-order valence-corrected chi connectivity index (χ0v) is 11.5. The SMILES string of the molecule is CC(C)OP(=O)(Cc1cn[c]cn1)OC(C)C. The summed E-state index contributed by atoms with van der Waals surface area (Å²) in [5, 5.41) is 0. The predicted molar refractivity (Wildman–Crippen MR) is 64.6 cm³/mol. The summed E-state index contributed by atoms with van der Waals surface area (Å²) in [6, 6.07) is 0. The van der Waals surface area contributed by atoms with Gasteiger partial charge in [-0.2, -0.15) is 0 Å². The molecule has 1 radical (unpaired) electrons. The van der Waals surface area contributed by atoms with Crippen LogP contribution in [-0.2, 0) is 19.8 Å². The largest absolute Gasteiger partial charge is 0.337 e. The molecule has 17 heavy (non-hydrogen) atoms. The van der Waals surface area contributed by atoms with Crippen molar-refractivity contribution in [1.29, 1.82) is 0 Å². The molecule has 0 aromatic carbocycles. The topological polar surface area (TPSA) is 61.3 Å². The van der Waals surface area contributed by atoms with Gasteiger partial charge in [0.15, 0.2) is 0 Å².